The summed E-state index contributed by atoms with van der Waals surface area (Å²) in [7, 11) is -3.79. The molecule has 0 aromatic heterocycles. The normalized spacial score (nSPS) is 13.1. The minimum atomic E-state index is -3.79. The zero-order valence-corrected chi connectivity index (χ0v) is 22.7. The molecule has 2 unspecified atom stereocenters. The average Bonchev–Trinajstić information content (AvgIpc) is 2.81. The molecule has 2 aromatic rings. The van der Waals surface area contributed by atoms with Gasteiger partial charge in [0.1, 0.15) is 12.6 Å². The molecule has 0 aliphatic heterocycles. The van der Waals surface area contributed by atoms with Crippen molar-refractivity contribution >= 4 is 39.1 Å². The molecule has 0 bridgehead atoms. The molecule has 1 N–H and O–H groups in total. The molecule has 0 spiro atoms. The van der Waals surface area contributed by atoms with Gasteiger partial charge in [-0.3, -0.25) is 13.9 Å². The molecular weight excluding hydrogens is 486 g/mol. The Labute approximate surface area is 214 Å². The number of nitrogens with zero attached hydrogens (tertiary/aromatic N) is 2. The van der Waals surface area contributed by atoms with E-state index < -0.39 is 28.5 Å². The molecule has 35 heavy (non-hydrogen) atoms. The van der Waals surface area contributed by atoms with Crippen LogP contribution in [0.5, 0.6) is 0 Å². The van der Waals surface area contributed by atoms with Gasteiger partial charge in [0, 0.05) is 17.6 Å². The number of benzene rings is 2. The molecule has 2 amide bonds. The van der Waals surface area contributed by atoms with Crippen LogP contribution in [0.25, 0.3) is 0 Å². The topological polar surface area (TPSA) is 86.8 Å². The quantitative estimate of drug-likeness (QED) is 0.454. The van der Waals surface area contributed by atoms with E-state index >= 15 is 0 Å². The monoisotopic (exact) mass is 521 g/mol. The van der Waals surface area contributed by atoms with Gasteiger partial charge in [-0.25, -0.2) is 8.42 Å². The van der Waals surface area contributed by atoms with E-state index in [1.54, 1.807) is 12.1 Å². The second-order valence-corrected chi connectivity index (χ2v) is 11.1. The predicted molar refractivity (Wildman–Crippen MR) is 142 cm³/mol. The van der Waals surface area contributed by atoms with E-state index in [-0.39, 0.29) is 18.5 Å². The molecule has 0 aliphatic rings. The van der Waals surface area contributed by atoms with Crippen LogP contribution >= 0.6 is 11.6 Å². The van der Waals surface area contributed by atoms with Gasteiger partial charge in [0.25, 0.3) is 0 Å². The van der Waals surface area contributed by atoms with Gasteiger partial charge >= 0.3 is 0 Å². The Morgan fingerprint density at radius 2 is 1.71 bits per heavy atom. The summed E-state index contributed by atoms with van der Waals surface area (Å²) in [5.74, 6) is -0.693. The molecule has 2 rings (SSSR count). The van der Waals surface area contributed by atoms with E-state index in [1.807, 2.05) is 58.0 Å². The number of sulfonamides is 1. The van der Waals surface area contributed by atoms with Crippen molar-refractivity contribution in [3.05, 3.63) is 64.7 Å². The molecule has 0 radical (unpaired) electrons. The highest BCUT2D eigenvalue weighted by molar-refractivity contribution is 7.92. The Kier molecular flexibility index (Phi) is 10.6. The molecule has 0 saturated carbocycles. The Balaban J connectivity index is 2.38. The van der Waals surface area contributed by atoms with Crippen LogP contribution in [0, 0.1) is 6.92 Å². The Morgan fingerprint density at radius 3 is 2.26 bits per heavy atom. The second-order valence-electron chi connectivity index (χ2n) is 8.77. The van der Waals surface area contributed by atoms with Crippen molar-refractivity contribution < 1.29 is 18.0 Å². The number of hydrogen-bond acceptors (Lipinski definition) is 4. The maximum absolute atomic E-state index is 13.6. The second kappa shape index (κ2) is 12.9. The lowest BCUT2D eigenvalue weighted by Crippen LogP contribution is -2.54. The van der Waals surface area contributed by atoms with Crippen molar-refractivity contribution in [1.29, 1.82) is 0 Å². The van der Waals surface area contributed by atoms with Gasteiger partial charge < -0.3 is 10.2 Å². The smallest absolute Gasteiger partial charge is 0.244 e. The van der Waals surface area contributed by atoms with Crippen LogP contribution in [0.1, 0.15) is 44.7 Å². The SMILES string of the molecule is CCC(C)NC(=O)C(CC)N(CCc1ccccc1)C(=O)CN(c1ccc(C)c(Cl)c1)S(C)(=O)=O. The van der Waals surface area contributed by atoms with Crippen molar-refractivity contribution in [2.75, 3.05) is 23.7 Å². The molecule has 2 aromatic carbocycles. The van der Waals surface area contributed by atoms with Crippen molar-refractivity contribution in [3.8, 4) is 0 Å². The maximum Gasteiger partial charge on any atom is 0.244 e. The summed E-state index contributed by atoms with van der Waals surface area (Å²) >= 11 is 6.23. The highest BCUT2D eigenvalue weighted by atomic mass is 35.5. The van der Waals surface area contributed by atoms with Crippen LogP contribution in [-0.2, 0) is 26.0 Å². The first-order chi connectivity index (χ1) is 16.5. The van der Waals surface area contributed by atoms with E-state index in [9.17, 15) is 18.0 Å². The largest absolute Gasteiger partial charge is 0.352 e. The van der Waals surface area contributed by atoms with Crippen LogP contribution in [0.15, 0.2) is 48.5 Å². The first kappa shape index (κ1) is 28.7. The van der Waals surface area contributed by atoms with E-state index in [0.717, 1.165) is 28.1 Å². The number of halogens is 1. The van der Waals surface area contributed by atoms with Gasteiger partial charge in [0.2, 0.25) is 21.8 Å². The highest BCUT2D eigenvalue weighted by Crippen LogP contribution is 2.25. The van der Waals surface area contributed by atoms with Gasteiger partial charge in [-0.1, -0.05) is 61.8 Å². The van der Waals surface area contributed by atoms with E-state index in [4.69, 9.17) is 11.6 Å². The molecule has 0 aliphatic carbocycles. The van der Waals surface area contributed by atoms with Crippen LogP contribution in [0.3, 0.4) is 0 Å². The maximum atomic E-state index is 13.6. The Morgan fingerprint density at radius 1 is 1.06 bits per heavy atom. The zero-order chi connectivity index (χ0) is 26.2. The zero-order valence-electron chi connectivity index (χ0n) is 21.1. The minimum absolute atomic E-state index is 0.0372. The fraction of sp³-hybridized carbons (Fsp3) is 0.462. The van der Waals surface area contributed by atoms with Crippen LogP contribution in [0.2, 0.25) is 5.02 Å². The number of carbonyl (C=O) groups excluding carboxylic acids is 2. The van der Waals surface area contributed by atoms with Gasteiger partial charge in [-0.05, 0) is 56.4 Å². The molecule has 9 heteroatoms. The van der Waals surface area contributed by atoms with Gasteiger partial charge in [-0.15, -0.1) is 0 Å². The third-order valence-electron chi connectivity index (χ3n) is 5.99. The number of carbonyl (C=O) groups is 2. The van der Waals surface area contributed by atoms with Gasteiger partial charge in [-0.2, -0.15) is 0 Å². The molecule has 0 saturated heterocycles. The summed E-state index contributed by atoms with van der Waals surface area (Å²) < 4.78 is 26.3. The van der Waals surface area contributed by atoms with Crippen molar-refractivity contribution in [2.24, 2.45) is 0 Å². The number of aryl methyl sites for hydroxylation is 1. The fourth-order valence-electron chi connectivity index (χ4n) is 3.69. The standard InChI is InChI=1S/C26H36ClN3O4S/c1-6-20(4)28-26(32)24(7-2)29(16-15-21-11-9-8-10-12-21)25(31)18-30(35(5,33)34)22-14-13-19(3)23(27)17-22/h8-14,17,20,24H,6-7,15-16,18H2,1-5H3,(H,28,32). The Hall–Kier alpha value is -2.58. The molecular formula is C26H36ClN3O4S. The number of nitrogens with one attached hydrogen (secondary N) is 1. The third kappa shape index (κ3) is 8.25. The van der Waals surface area contributed by atoms with Crippen LogP contribution in [0.4, 0.5) is 5.69 Å². The number of anilines is 1. The molecule has 192 valence electrons. The van der Waals surface area contributed by atoms with E-state index in [0.29, 0.717) is 23.6 Å². The number of hydrogen-bond donors (Lipinski definition) is 1. The first-order valence-electron chi connectivity index (χ1n) is 11.9. The minimum Gasteiger partial charge on any atom is -0.352 e. The van der Waals surface area contributed by atoms with Crippen molar-refractivity contribution in [2.45, 2.75) is 59.0 Å². The molecule has 0 fully saturated rings. The average molecular weight is 522 g/mol. The molecule has 2 atom stereocenters. The number of amides is 2. The summed E-state index contributed by atoms with van der Waals surface area (Å²) in [5, 5.41) is 3.37. The van der Waals surface area contributed by atoms with E-state index in [1.165, 1.54) is 11.0 Å². The fourth-order valence-corrected chi connectivity index (χ4v) is 4.70. The summed E-state index contributed by atoms with van der Waals surface area (Å²) in [5.41, 5.74) is 2.12. The summed E-state index contributed by atoms with van der Waals surface area (Å²) in [6.45, 7) is 7.39. The lowest BCUT2D eigenvalue weighted by atomic mass is 10.1. The highest BCUT2D eigenvalue weighted by Gasteiger charge is 2.31. The molecule has 7 nitrogen and oxygen atoms in total. The lowest BCUT2D eigenvalue weighted by molar-refractivity contribution is -0.139. The summed E-state index contributed by atoms with van der Waals surface area (Å²) in [4.78, 5) is 28.2. The first-order valence-corrected chi connectivity index (χ1v) is 14.1. The third-order valence-corrected chi connectivity index (χ3v) is 7.54. The predicted octanol–water partition coefficient (Wildman–Crippen LogP) is 4.18. The van der Waals surface area contributed by atoms with Gasteiger partial charge in [0.15, 0.2) is 0 Å². The Bertz CT molecular complexity index is 1110. The summed E-state index contributed by atoms with van der Waals surface area (Å²) in [6, 6.07) is 13.8. The van der Waals surface area contributed by atoms with Crippen molar-refractivity contribution in [1.82, 2.24) is 10.2 Å². The van der Waals surface area contributed by atoms with Gasteiger partial charge in [0.05, 0.1) is 11.9 Å². The summed E-state index contributed by atoms with van der Waals surface area (Å²) in [6.07, 6.45) is 2.75. The number of rotatable bonds is 12. The van der Waals surface area contributed by atoms with Crippen LogP contribution in [-0.4, -0.2) is 56.6 Å². The lowest BCUT2D eigenvalue weighted by Gasteiger charge is -2.33. The van der Waals surface area contributed by atoms with Crippen LogP contribution < -0.4 is 9.62 Å². The van der Waals surface area contributed by atoms with Crippen molar-refractivity contribution in [3.63, 3.8) is 0 Å². The molecule has 0 heterocycles. The van der Waals surface area contributed by atoms with E-state index in [2.05, 4.69) is 5.32 Å².